The number of imidazole rings is 1. The van der Waals surface area contributed by atoms with Crippen molar-refractivity contribution < 1.29 is 0 Å². The lowest BCUT2D eigenvalue weighted by atomic mass is 9.98. The maximum atomic E-state index is 9.33. The number of allylic oxidation sites excluding steroid dienone is 1. The average Bonchev–Trinajstić information content (AvgIpc) is 3.54. The van der Waals surface area contributed by atoms with Gasteiger partial charge in [-0.3, -0.25) is 4.40 Å². The lowest BCUT2D eigenvalue weighted by molar-refractivity contribution is 0.249. The summed E-state index contributed by atoms with van der Waals surface area (Å²) < 4.78 is 4.06. The van der Waals surface area contributed by atoms with E-state index in [1.807, 2.05) is 60.5 Å². The van der Waals surface area contributed by atoms with E-state index in [2.05, 4.69) is 59.1 Å². The zero-order chi connectivity index (χ0) is 26.1. The van der Waals surface area contributed by atoms with Crippen molar-refractivity contribution in [3.8, 4) is 17.3 Å². The van der Waals surface area contributed by atoms with E-state index in [1.165, 1.54) is 0 Å². The van der Waals surface area contributed by atoms with E-state index >= 15 is 0 Å². The Labute approximate surface area is 217 Å². The third-order valence-electron chi connectivity index (χ3n) is 7.28. The van der Waals surface area contributed by atoms with E-state index in [-0.39, 0.29) is 0 Å². The van der Waals surface area contributed by atoms with Crippen LogP contribution < -0.4 is 4.90 Å². The largest absolute Gasteiger partial charge is 0.342 e. The number of nitriles is 1. The summed E-state index contributed by atoms with van der Waals surface area (Å²) in [6, 6.07) is 12.5. The maximum absolute atomic E-state index is 9.33. The van der Waals surface area contributed by atoms with Crippen LogP contribution in [0.1, 0.15) is 36.5 Å². The van der Waals surface area contributed by atoms with Crippen LogP contribution in [0, 0.1) is 11.3 Å². The minimum atomic E-state index is 0.579. The van der Waals surface area contributed by atoms with E-state index in [9.17, 15) is 5.26 Å². The van der Waals surface area contributed by atoms with Crippen LogP contribution >= 0.6 is 0 Å². The first-order chi connectivity index (χ1) is 17.9. The van der Waals surface area contributed by atoms with Crippen LogP contribution in [0.25, 0.3) is 28.6 Å². The Hall–Kier alpha value is -4.22. The summed E-state index contributed by atoms with van der Waals surface area (Å²) in [5.41, 5.74) is 6.25. The van der Waals surface area contributed by atoms with Gasteiger partial charge in [-0.2, -0.15) is 5.26 Å². The van der Waals surface area contributed by atoms with Crippen LogP contribution in [0.4, 0.5) is 11.8 Å². The van der Waals surface area contributed by atoms with Crippen molar-refractivity contribution in [3.05, 3.63) is 65.6 Å². The van der Waals surface area contributed by atoms with E-state index < -0.39 is 0 Å². The molecular formula is C29H32N8. The second-order valence-corrected chi connectivity index (χ2v) is 9.82. The van der Waals surface area contributed by atoms with Crippen molar-refractivity contribution in [1.29, 1.82) is 5.26 Å². The highest BCUT2D eigenvalue weighted by atomic mass is 15.3. The van der Waals surface area contributed by atoms with Crippen LogP contribution in [-0.4, -0.2) is 63.8 Å². The molecule has 0 bridgehead atoms. The van der Waals surface area contributed by atoms with Gasteiger partial charge in [0, 0.05) is 61.5 Å². The molecule has 0 amide bonds. The lowest BCUT2D eigenvalue weighted by Gasteiger charge is -2.36. The molecule has 1 aliphatic heterocycles. The Kier molecular flexibility index (Phi) is 6.64. The van der Waals surface area contributed by atoms with Crippen LogP contribution in [0.2, 0.25) is 0 Å². The molecule has 1 saturated heterocycles. The minimum absolute atomic E-state index is 0.579. The monoisotopic (exact) mass is 492 g/mol. The zero-order valence-corrected chi connectivity index (χ0v) is 21.9. The topological polar surface area (TPSA) is 77.8 Å². The molecular weight excluding hydrogens is 460 g/mol. The van der Waals surface area contributed by atoms with E-state index in [0.29, 0.717) is 11.6 Å². The Morgan fingerprint density at radius 1 is 1.16 bits per heavy atom. The molecule has 8 nitrogen and oxygen atoms in total. The van der Waals surface area contributed by atoms with Gasteiger partial charge in [0.1, 0.15) is 11.5 Å². The standard InChI is InChI=1S/C29H32N8/c1-20(18-23-10-14-35(5)27(23)31-2)25-26(22-8-6-21(19-30)7-9-22)33-29(37-17-13-32-28(25)37)36-15-11-24(12-16-36)34(3)4/h6-10,13-14,17-18,24H,2,11-12,15-16H2,1,3-5H3/b20-18+. The molecule has 8 heteroatoms. The summed E-state index contributed by atoms with van der Waals surface area (Å²) in [6.07, 6.45) is 10.1. The van der Waals surface area contributed by atoms with Crippen molar-refractivity contribution in [2.24, 2.45) is 12.0 Å². The summed E-state index contributed by atoms with van der Waals surface area (Å²) >= 11 is 0. The average molecular weight is 493 g/mol. The second kappa shape index (κ2) is 10.0. The SMILES string of the molecule is C=Nc1c(/C=C(\C)c2c(-c3ccc(C#N)cc3)nc(N3CCC(N(C)C)CC3)n3ccnc23)ccn1C. The highest BCUT2D eigenvalue weighted by Crippen LogP contribution is 2.36. The van der Waals surface area contributed by atoms with Gasteiger partial charge in [-0.15, -0.1) is 0 Å². The normalized spacial score (nSPS) is 14.9. The van der Waals surface area contributed by atoms with Crippen LogP contribution in [-0.2, 0) is 7.05 Å². The molecule has 1 fully saturated rings. The number of aryl methyl sites for hydroxylation is 1. The summed E-state index contributed by atoms with van der Waals surface area (Å²) in [5, 5.41) is 9.33. The summed E-state index contributed by atoms with van der Waals surface area (Å²) in [4.78, 5) is 19.0. The lowest BCUT2D eigenvalue weighted by Crippen LogP contribution is -2.43. The molecule has 3 aromatic heterocycles. The number of piperidine rings is 1. The fourth-order valence-corrected chi connectivity index (χ4v) is 5.21. The summed E-state index contributed by atoms with van der Waals surface area (Å²) in [7, 11) is 6.26. The van der Waals surface area contributed by atoms with Crippen LogP contribution in [0.3, 0.4) is 0 Å². The molecule has 0 spiro atoms. The van der Waals surface area contributed by atoms with Gasteiger partial charge < -0.3 is 14.4 Å². The van der Waals surface area contributed by atoms with E-state index in [1.54, 1.807) is 0 Å². The predicted octanol–water partition coefficient (Wildman–Crippen LogP) is 5.03. The third-order valence-corrected chi connectivity index (χ3v) is 7.28. The van der Waals surface area contributed by atoms with Gasteiger partial charge in [-0.05, 0) is 70.4 Å². The fourth-order valence-electron chi connectivity index (χ4n) is 5.21. The van der Waals surface area contributed by atoms with Gasteiger partial charge in [-0.1, -0.05) is 12.1 Å². The number of aliphatic imine (C=N–C) groups is 1. The Morgan fingerprint density at radius 3 is 2.54 bits per heavy atom. The molecule has 4 heterocycles. The minimum Gasteiger partial charge on any atom is -0.342 e. The van der Waals surface area contributed by atoms with Crippen LogP contribution in [0.5, 0.6) is 0 Å². The zero-order valence-electron chi connectivity index (χ0n) is 21.9. The number of aromatic nitrogens is 4. The van der Waals surface area contributed by atoms with Gasteiger partial charge in [-0.25, -0.2) is 15.0 Å². The summed E-state index contributed by atoms with van der Waals surface area (Å²) in [6.45, 7) is 7.69. The molecule has 188 valence electrons. The maximum Gasteiger partial charge on any atom is 0.211 e. The van der Waals surface area contributed by atoms with Crippen LogP contribution in [0.15, 0.2) is 53.9 Å². The number of nitrogens with zero attached hydrogens (tertiary/aromatic N) is 8. The van der Waals surface area contributed by atoms with Crippen molar-refractivity contribution in [1.82, 2.24) is 23.8 Å². The molecule has 0 N–H and O–H groups in total. The Morgan fingerprint density at radius 2 is 1.89 bits per heavy atom. The van der Waals surface area contributed by atoms with E-state index in [4.69, 9.17) is 9.97 Å². The molecule has 5 rings (SSSR count). The van der Waals surface area contributed by atoms with Gasteiger partial charge in [0.25, 0.3) is 0 Å². The molecule has 0 atom stereocenters. The van der Waals surface area contributed by atoms with Gasteiger partial charge in [0.2, 0.25) is 5.95 Å². The quantitative estimate of drug-likeness (QED) is 0.353. The predicted molar refractivity (Wildman–Crippen MR) is 150 cm³/mol. The number of hydrogen-bond acceptors (Lipinski definition) is 6. The number of fused-ring (bicyclic) bond motifs is 1. The first kappa shape index (κ1) is 24.5. The fraction of sp³-hybridized carbons (Fsp3) is 0.310. The molecule has 4 aromatic rings. The Balaban J connectivity index is 1.69. The van der Waals surface area contributed by atoms with Crippen molar-refractivity contribution in [2.75, 3.05) is 32.1 Å². The molecule has 0 radical (unpaired) electrons. The van der Waals surface area contributed by atoms with Crippen molar-refractivity contribution >= 4 is 35.8 Å². The highest BCUT2D eigenvalue weighted by molar-refractivity contribution is 5.94. The van der Waals surface area contributed by atoms with Gasteiger partial charge in [0.15, 0.2) is 0 Å². The molecule has 0 saturated carbocycles. The van der Waals surface area contributed by atoms with E-state index in [0.717, 1.165) is 71.3 Å². The molecule has 37 heavy (non-hydrogen) atoms. The molecule has 1 aliphatic rings. The first-order valence-electron chi connectivity index (χ1n) is 12.5. The molecule has 0 unspecified atom stereocenters. The molecule has 0 aliphatic carbocycles. The van der Waals surface area contributed by atoms with Crippen molar-refractivity contribution in [2.45, 2.75) is 25.8 Å². The summed E-state index contributed by atoms with van der Waals surface area (Å²) in [5.74, 6) is 1.71. The smallest absolute Gasteiger partial charge is 0.211 e. The van der Waals surface area contributed by atoms with Gasteiger partial charge >= 0.3 is 0 Å². The highest BCUT2D eigenvalue weighted by Gasteiger charge is 2.26. The number of hydrogen-bond donors (Lipinski definition) is 0. The second-order valence-electron chi connectivity index (χ2n) is 9.82. The number of benzene rings is 1. The molecule has 1 aromatic carbocycles. The first-order valence-corrected chi connectivity index (χ1v) is 12.5. The number of rotatable bonds is 6. The number of anilines is 1. The van der Waals surface area contributed by atoms with Crippen molar-refractivity contribution in [3.63, 3.8) is 0 Å². The third kappa shape index (κ3) is 4.54. The van der Waals surface area contributed by atoms with Gasteiger partial charge in [0.05, 0.1) is 17.3 Å². The Bertz CT molecular complexity index is 1510.